The maximum Gasteiger partial charge on any atom is 0.119 e. The number of thiophene rings is 1. The van der Waals surface area contributed by atoms with E-state index < -0.39 is 6.10 Å². The quantitative estimate of drug-likeness (QED) is 0.497. The highest BCUT2D eigenvalue weighted by molar-refractivity contribution is 7.11. The van der Waals surface area contributed by atoms with Crippen LogP contribution in [0.4, 0.5) is 0 Å². The third-order valence-electron chi connectivity index (χ3n) is 4.61. The summed E-state index contributed by atoms with van der Waals surface area (Å²) in [5.41, 5.74) is 2.45. The van der Waals surface area contributed by atoms with Crippen molar-refractivity contribution in [3.05, 3.63) is 87.6 Å². The van der Waals surface area contributed by atoms with Crippen LogP contribution in [0.3, 0.4) is 0 Å². The van der Waals surface area contributed by atoms with Crippen molar-refractivity contribution < 1.29 is 9.84 Å². The van der Waals surface area contributed by atoms with Crippen molar-refractivity contribution in [1.82, 2.24) is 10.2 Å². The summed E-state index contributed by atoms with van der Waals surface area (Å²) < 4.78 is 5.76. The van der Waals surface area contributed by atoms with E-state index in [9.17, 15) is 5.11 Å². The predicted octanol–water partition coefficient (Wildman–Crippen LogP) is 4.22. The van der Waals surface area contributed by atoms with Crippen LogP contribution >= 0.6 is 11.3 Å². The van der Waals surface area contributed by atoms with Crippen molar-refractivity contribution in [3.63, 3.8) is 0 Å². The highest BCUT2D eigenvalue weighted by atomic mass is 32.1. The highest BCUT2D eigenvalue weighted by Gasteiger charge is 2.10. The molecule has 0 aliphatic rings. The number of aliphatic hydroxyl groups is 1. The minimum absolute atomic E-state index is 0.286. The third kappa shape index (κ3) is 7.63. The fourth-order valence-electron chi connectivity index (χ4n) is 3.18. The van der Waals surface area contributed by atoms with Crippen LogP contribution in [0.25, 0.3) is 0 Å². The van der Waals surface area contributed by atoms with Crippen molar-refractivity contribution >= 4 is 11.3 Å². The normalized spacial score (nSPS) is 12.3. The van der Waals surface area contributed by atoms with E-state index >= 15 is 0 Å². The zero-order chi connectivity index (χ0) is 20.5. The zero-order valence-electron chi connectivity index (χ0n) is 17.2. The molecule has 0 fully saturated rings. The number of rotatable bonds is 11. The van der Waals surface area contributed by atoms with E-state index in [2.05, 4.69) is 53.5 Å². The van der Waals surface area contributed by atoms with Gasteiger partial charge in [0.15, 0.2) is 0 Å². The molecule has 5 heteroatoms. The molecule has 0 radical (unpaired) electrons. The summed E-state index contributed by atoms with van der Waals surface area (Å²) in [6, 6.07) is 22.7. The van der Waals surface area contributed by atoms with Gasteiger partial charge in [0.2, 0.25) is 0 Å². The van der Waals surface area contributed by atoms with E-state index in [1.807, 2.05) is 48.7 Å². The molecule has 154 valence electrons. The first-order chi connectivity index (χ1) is 14.1. The summed E-state index contributed by atoms with van der Waals surface area (Å²) in [5.74, 6) is 0.785. The molecule has 0 saturated heterocycles. The number of ether oxygens (including phenoxy) is 1. The second-order valence-electron chi connectivity index (χ2n) is 7.41. The minimum Gasteiger partial charge on any atom is -0.491 e. The van der Waals surface area contributed by atoms with Crippen LogP contribution in [0, 0.1) is 6.92 Å². The smallest absolute Gasteiger partial charge is 0.119 e. The average molecular weight is 411 g/mol. The van der Waals surface area contributed by atoms with Gasteiger partial charge in [0.1, 0.15) is 18.5 Å². The summed E-state index contributed by atoms with van der Waals surface area (Å²) in [4.78, 5) is 4.80. The van der Waals surface area contributed by atoms with Crippen molar-refractivity contribution in [1.29, 1.82) is 0 Å². The Morgan fingerprint density at radius 3 is 2.41 bits per heavy atom. The van der Waals surface area contributed by atoms with Gasteiger partial charge in [0.25, 0.3) is 0 Å². The number of hydrogen-bond donors (Lipinski definition) is 2. The molecule has 0 saturated carbocycles. The number of hydrogen-bond acceptors (Lipinski definition) is 5. The van der Waals surface area contributed by atoms with Gasteiger partial charge in [-0.2, -0.15) is 0 Å². The molecule has 0 bridgehead atoms. The Bertz CT molecular complexity index is 849. The van der Waals surface area contributed by atoms with E-state index in [1.54, 1.807) is 0 Å². The summed E-state index contributed by atoms with van der Waals surface area (Å²) in [7, 11) is 2.01. The molecule has 0 aliphatic heterocycles. The minimum atomic E-state index is -0.528. The molecule has 1 atom stereocenters. The van der Waals surface area contributed by atoms with Crippen LogP contribution in [-0.4, -0.2) is 36.3 Å². The lowest BCUT2D eigenvalue weighted by Crippen LogP contribution is -2.32. The van der Waals surface area contributed by atoms with E-state index in [-0.39, 0.29) is 6.61 Å². The van der Waals surface area contributed by atoms with Crippen LogP contribution in [0.5, 0.6) is 5.75 Å². The first kappa shape index (κ1) is 21.5. The van der Waals surface area contributed by atoms with Gasteiger partial charge in [-0.05, 0) is 49.4 Å². The van der Waals surface area contributed by atoms with Crippen LogP contribution in [0.1, 0.15) is 20.9 Å². The third-order valence-corrected chi connectivity index (χ3v) is 5.61. The first-order valence-electron chi connectivity index (χ1n) is 9.97. The number of aliphatic hydroxyl groups excluding tert-OH is 1. The number of likely N-dealkylation sites (N-methyl/N-ethyl adjacent to an activating group) is 1. The maximum absolute atomic E-state index is 10.3. The summed E-state index contributed by atoms with van der Waals surface area (Å²) in [5, 5.41) is 13.7. The standard InChI is InChI=1S/C24H30N2O2S/c1-19-8-13-24(29-19)15-25-14-20-9-11-23(12-10-20)28-18-22(27)17-26(2)16-21-6-4-3-5-7-21/h3-13,22,25,27H,14-18H2,1-2H3. The van der Waals surface area contributed by atoms with Crippen LogP contribution in [-0.2, 0) is 19.6 Å². The topological polar surface area (TPSA) is 44.7 Å². The van der Waals surface area contributed by atoms with E-state index in [1.165, 1.54) is 20.9 Å². The molecule has 1 heterocycles. The number of nitrogens with zero attached hydrogens (tertiary/aromatic N) is 1. The van der Waals surface area contributed by atoms with Crippen molar-refractivity contribution in [2.24, 2.45) is 0 Å². The Kier molecular flexibility index (Phi) is 8.25. The molecule has 3 rings (SSSR count). The lowest BCUT2D eigenvalue weighted by Gasteiger charge is -2.21. The van der Waals surface area contributed by atoms with Gasteiger partial charge in [-0.15, -0.1) is 11.3 Å². The van der Waals surface area contributed by atoms with E-state index in [0.717, 1.165) is 25.4 Å². The molecule has 0 aliphatic carbocycles. The maximum atomic E-state index is 10.3. The zero-order valence-corrected chi connectivity index (χ0v) is 18.0. The molecular formula is C24H30N2O2S. The fraction of sp³-hybridized carbons (Fsp3) is 0.333. The largest absolute Gasteiger partial charge is 0.491 e. The number of aryl methyl sites for hydroxylation is 1. The molecule has 3 aromatic rings. The summed E-state index contributed by atoms with van der Waals surface area (Å²) in [6.07, 6.45) is -0.528. The molecule has 0 amide bonds. The Morgan fingerprint density at radius 1 is 0.966 bits per heavy atom. The molecule has 2 aromatic carbocycles. The molecule has 2 N–H and O–H groups in total. The van der Waals surface area contributed by atoms with E-state index in [0.29, 0.717) is 6.54 Å². The lowest BCUT2D eigenvalue weighted by atomic mass is 10.2. The van der Waals surface area contributed by atoms with Crippen LogP contribution in [0.15, 0.2) is 66.7 Å². The summed E-state index contributed by atoms with van der Waals surface area (Å²) >= 11 is 1.83. The fourth-order valence-corrected chi connectivity index (χ4v) is 4.04. The van der Waals surface area contributed by atoms with Gasteiger partial charge in [-0.25, -0.2) is 0 Å². The van der Waals surface area contributed by atoms with Gasteiger partial charge in [-0.3, -0.25) is 4.90 Å². The van der Waals surface area contributed by atoms with Crippen molar-refractivity contribution in [2.75, 3.05) is 20.2 Å². The van der Waals surface area contributed by atoms with Gasteiger partial charge in [0.05, 0.1) is 0 Å². The van der Waals surface area contributed by atoms with Crippen molar-refractivity contribution in [3.8, 4) is 5.75 Å². The molecule has 0 spiro atoms. The monoisotopic (exact) mass is 410 g/mol. The van der Waals surface area contributed by atoms with Gasteiger partial charge in [-0.1, -0.05) is 42.5 Å². The Morgan fingerprint density at radius 2 is 1.72 bits per heavy atom. The van der Waals surface area contributed by atoms with Gasteiger partial charge < -0.3 is 15.2 Å². The highest BCUT2D eigenvalue weighted by Crippen LogP contribution is 2.16. The second-order valence-corrected chi connectivity index (χ2v) is 8.78. The molecular weight excluding hydrogens is 380 g/mol. The van der Waals surface area contributed by atoms with Gasteiger partial charge in [0, 0.05) is 35.9 Å². The first-order valence-corrected chi connectivity index (χ1v) is 10.8. The van der Waals surface area contributed by atoms with Crippen molar-refractivity contribution in [2.45, 2.75) is 32.7 Å². The predicted molar refractivity (Wildman–Crippen MR) is 120 cm³/mol. The SMILES string of the molecule is Cc1ccc(CNCc2ccc(OCC(O)CN(C)Cc3ccccc3)cc2)s1. The van der Waals surface area contributed by atoms with Crippen LogP contribution in [0.2, 0.25) is 0 Å². The molecule has 4 nitrogen and oxygen atoms in total. The Balaban J connectivity index is 1.35. The molecule has 29 heavy (non-hydrogen) atoms. The number of benzene rings is 2. The molecule has 1 unspecified atom stereocenters. The lowest BCUT2D eigenvalue weighted by molar-refractivity contribution is 0.0744. The van der Waals surface area contributed by atoms with E-state index in [4.69, 9.17) is 4.74 Å². The Labute approximate surface area is 177 Å². The molecule has 1 aromatic heterocycles. The van der Waals surface area contributed by atoms with Gasteiger partial charge >= 0.3 is 0 Å². The average Bonchev–Trinajstić information content (AvgIpc) is 3.13. The van der Waals surface area contributed by atoms with Crippen LogP contribution < -0.4 is 10.1 Å². The summed E-state index contributed by atoms with van der Waals surface area (Å²) in [6.45, 7) is 5.51. The second kappa shape index (κ2) is 11.1. The number of nitrogens with one attached hydrogen (secondary N) is 1. The Hall–Kier alpha value is -2.18.